The third-order valence-corrected chi connectivity index (χ3v) is 3.23. The summed E-state index contributed by atoms with van der Waals surface area (Å²) in [6.45, 7) is 2.20. The standard InChI is InChI=1S/C17H19NO2/c1-13-3-2-4-15(11-13)12-18-16-8-5-14(6-9-16)7-10-17(19)20/h2,4-8,10-13,16H,3,9H2,1H3,(H,19,20)/b10-7-,18-12?/t13-,16?/m1/s1. The minimum absolute atomic E-state index is 0.142. The molecule has 0 spiro atoms. The molecule has 0 aromatic rings. The van der Waals surface area contributed by atoms with Gasteiger partial charge in [0.25, 0.3) is 0 Å². The first-order chi connectivity index (χ1) is 9.63. The highest BCUT2D eigenvalue weighted by atomic mass is 16.4. The van der Waals surface area contributed by atoms with Crippen LogP contribution in [0.2, 0.25) is 0 Å². The molecule has 1 N–H and O–H groups in total. The second-order valence-corrected chi connectivity index (χ2v) is 5.10. The van der Waals surface area contributed by atoms with Crippen LogP contribution >= 0.6 is 0 Å². The van der Waals surface area contributed by atoms with E-state index in [-0.39, 0.29) is 6.04 Å². The molecule has 2 atom stereocenters. The highest BCUT2D eigenvalue weighted by Gasteiger charge is 2.06. The molecule has 0 aromatic carbocycles. The Labute approximate surface area is 119 Å². The number of hydrogen-bond acceptors (Lipinski definition) is 2. The van der Waals surface area contributed by atoms with Crippen molar-refractivity contribution in [2.45, 2.75) is 25.8 Å². The normalized spacial score (nSPS) is 26.1. The smallest absolute Gasteiger partial charge is 0.328 e. The highest BCUT2D eigenvalue weighted by Crippen LogP contribution is 2.17. The summed E-state index contributed by atoms with van der Waals surface area (Å²) in [6, 6.07) is 0.142. The van der Waals surface area contributed by atoms with Gasteiger partial charge < -0.3 is 5.11 Å². The average molecular weight is 269 g/mol. The van der Waals surface area contributed by atoms with Crippen LogP contribution in [-0.4, -0.2) is 23.3 Å². The summed E-state index contributed by atoms with van der Waals surface area (Å²) in [6.07, 6.45) is 19.0. The SMILES string of the molecule is C[C@H]1C=C(C=NC2C=CC(/C=C\C(=O)O)=CC2)C=CC1. The van der Waals surface area contributed by atoms with Crippen molar-refractivity contribution in [3.63, 3.8) is 0 Å². The van der Waals surface area contributed by atoms with E-state index in [1.807, 2.05) is 24.4 Å². The Morgan fingerprint density at radius 2 is 2.20 bits per heavy atom. The fraction of sp³-hybridized carbons (Fsp3) is 0.294. The van der Waals surface area contributed by atoms with E-state index in [1.165, 1.54) is 0 Å². The Kier molecular flexibility index (Phi) is 4.88. The summed E-state index contributed by atoms with van der Waals surface area (Å²) < 4.78 is 0. The van der Waals surface area contributed by atoms with Crippen LogP contribution < -0.4 is 0 Å². The molecule has 3 heteroatoms. The van der Waals surface area contributed by atoms with Crippen molar-refractivity contribution in [2.24, 2.45) is 10.9 Å². The Hall–Kier alpha value is -2.16. The topological polar surface area (TPSA) is 49.7 Å². The summed E-state index contributed by atoms with van der Waals surface area (Å²) in [7, 11) is 0. The number of allylic oxidation sites excluding steroid dienone is 7. The molecule has 0 aromatic heterocycles. The molecule has 2 aliphatic carbocycles. The molecule has 3 nitrogen and oxygen atoms in total. The van der Waals surface area contributed by atoms with Gasteiger partial charge in [-0.15, -0.1) is 0 Å². The maximum Gasteiger partial charge on any atom is 0.328 e. The van der Waals surface area contributed by atoms with Gasteiger partial charge in [-0.3, -0.25) is 4.99 Å². The first-order valence-electron chi connectivity index (χ1n) is 6.84. The van der Waals surface area contributed by atoms with E-state index < -0.39 is 5.97 Å². The summed E-state index contributed by atoms with van der Waals surface area (Å²) >= 11 is 0. The largest absolute Gasteiger partial charge is 0.478 e. The highest BCUT2D eigenvalue weighted by molar-refractivity contribution is 5.83. The molecule has 1 unspecified atom stereocenters. The molecule has 0 bridgehead atoms. The zero-order valence-corrected chi connectivity index (χ0v) is 11.6. The van der Waals surface area contributed by atoms with Crippen LogP contribution in [0.15, 0.2) is 64.7 Å². The van der Waals surface area contributed by atoms with E-state index in [4.69, 9.17) is 5.11 Å². The Bertz CT molecular complexity index is 547. The number of aliphatic imine (C=N–C) groups is 1. The Morgan fingerprint density at radius 1 is 1.35 bits per heavy atom. The number of nitrogens with zero attached hydrogens (tertiary/aromatic N) is 1. The molecule has 0 aliphatic heterocycles. The Morgan fingerprint density at radius 3 is 2.85 bits per heavy atom. The molecular formula is C17H19NO2. The molecule has 20 heavy (non-hydrogen) atoms. The van der Waals surface area contributed by atoms with E-state index in [2.05, 4.69) is 30.1 Å². The van der Waals surface area contributed by atoms with Crippen LogP contribution in [0.4, 0.5) is 0 Å². The third-order valence-electron chi connectivity index (χ3n) is 3.23. The van der Waals surface area contributed by atoms with Crippen molar-refractivity contribution in [1.82, 2.24) is 0 Å². The average Bonchev–Trinajstić information content (AvgIpc) is 2.44. The van der Waals surface area contributed by atoms with Gasteiger partial charge in [0.15, 0.2) is 0 Å². The maximum absolute atomic E-state index is 10.4. The van der Waals surface area contributed by atoms with Crippen molar-refractivity contribution in [3.8, 4) is 0 Å². The van der Waals surface area contributed by atoms with Gasteiger partial charge in [0, 0.05) is 12.3 Å². The molecule has 0 amide bonds. The van der Waals surface area contributed by atoms with Gasteiger partial charge in [0.1, 0.15) is 0 Å². The predicted octanol–water partition coefficient (Wildman–Crippen LogP) is 3.48. The second kappa shape index (κ2) is 6.85. The molecule has 2 rings (SSSR count). The molecule has 0 saturated carbocycles. The van der Waals surface area contributed by atoms with Crippen molar-refractivity contribution in [3.05, 3.63) is 59.8 Å². The van der Waals surface area contributed by atoms with Gasteiger partial charge in [-0.05, 0) is 36.0 Å². The van der Waals surface area contributed by atoms with Crippen LogP contribution in [0.5, 0.6) is 0 Å². The lowest BCUT2D eigenvalue weighted by atomic mass is 9.98. The van der Waals surface area contributed by atoms with Gasteiger partial charge in [-0.1, -0.05) is 43.4 Å². The van der Waals surface area contributed by atoms with Crippen molar-refractivity contribution >= 4 is 12.2 Å². The predicted molar refractivity (Wildman–Crippen MR) is 81.9 cm³/mol. The number of hydrogen-bond donors (Lipinski definition) is 1. The number of carbonyl (C=O) groups is 1. The number of carboxylic acids is 1. The van der Waals surface area contributed by atoms with E-state index in [0.29, 0.717) is 5.92 Å². The van der Waals surface area contributed by atoms with Crippen LogP contribution in [0.3, 0.4) is 0 Å². The van der Waals surface area contributed by atoms with Crippen LogP contribution in [0.25, 0.3) is 0 Å². The monoisotopic (exact) mass is 269 g/mol. The number of carboxylic acid groups (broad SMARTS) is 1. The lowest BCUT2D eigenvalue weighted by Gasteiger charge is -2.12. The quantitative estimate of drug-likeness (QED) is 0.627. The molecule has 0 saturated heterocycles. The molecule has 0 radical (unpaired) electrons. The lowest BCUT2D eigenvalue weighted by Crippen LogP contribution is -2.04. The first kappa shape index (κ1) is 14.3. The van der Waals surface area contributed by atoms with Crippen LogP contribution in [0.1, 0.15) is 19.8 Å². The van der Waals surface area contributed by atoms with Gasteiger partial charge in [0.2, 0.25) is 0 Å². The van der Waals surface area contributed by atoms with E-state index in [1.54, 1.807) is 6.08 Å². The van der Waals surface area contributed by atoms with Gasteiger partial charge >= 0.3 is 5.97 Å². The minimum atomic E-state index is -0.926. The van der Waals surface area contributed by atoms with Crippen molar-refractivity contribution < 1.29 is 9.90 Å². The van der Waals surface area contributed by atoms with Gasteiger partial charge in [-0.2, -0.15) is 0 Å². The summed E-state index contributed by atoms with van der Waals surface area (Å²) in [5.41, 5.74) is 2.09. The Balaban J connectivity index is 1.90. The lowest BCUT2D eigenvalue weighted by molar-refractivity contribution is -0.131. The van der Waals surface area contributed by atoms with Gasteiger partial charge in [-0.25, -0.2) is 4.79 Å². The fourth-order valence-electron chi connectivity index (χ4n) is 2.17. The number of rotatable bonds is 4. The van der Waals surface area contributed by atoms with Crippen molar-refractivity contribution in [2.75, 3.05) is 0 Å². The minimum Gasteiger partial charge on any atom is -0.478 e. The van der Waals surface area contributed by atoms with E-state index in [0.717, 1.165) is 30.1 Å². The molecule has 0 heterocycles. The molecule has 2 aliphatic rings. The van der Waals surface area contributed by atoms with Crippen LogP contribution in [0, 0.1) is 5.92 Å². The zero-order valence-electron chi connectivity index (χ0n) is 11.6. The molecule has 104 valence electrons. The third kappa shape index (κ3) is 4.50. The molecular weight excluding hydrogens is 250 g/mol. The summed E-state index contributed by atoms with van der Waals surface area (Å²) in [5, 5.41) is 8.57. The molecule has 0 fully saturated rings. The van der Waals surface area contributed by atoms with E-state index in [9.17, 15) is 4.79 Å². The first-order valence-corrected chi connectivity index (χ1v) is 6.84. The fourth-order valence-corrected chi connectivity index (χ4v) is 2.17. The van der Waals surface area contributed by atoms with Gasteiger partial charge in [0.05, 0.1) is 6.04 Å². The summed E-state index contributed by atoms with van der Waals surface area (Å²) in [4.78, 5) is 15.0. The number of aliphatic carboxylic acids is 1. The zero-order chi connectivity index (χ0) is 14.4. The van der Waals surface area contributed by atoms with Crippen LogP contribution in [-0.2, 0) is 4.79 Å². The second-order valence-electron chi connectivity index (χ2n) is 5.10. The van der Waals surface area contributed by atoms with Crippen molar-refractivity contribution in [1.29, 1.82) is 0 Å². The summed E-state index contributed by atoms with van der Waals surface area (Å²) in [5.74, 6) is -0.347. The maximum atomic E-state index is 10.4. The van der Waals surface area contributed by atoms with E-state index >= 15 is 0 Å².